The first-order valence-electron chi connectivity index (χ1n) is 9.46. The molecule has 0 atom stereocenters. The number of rotatable bonds is 4. The third-order valence-corrected chi connectivity index (χ3v) is 5.19. The lowest BCUT2D eigenvalue weighted by atomic mass is 10.1. The highest BCUT2D eigenvalue weighted by Gasteiger charge is 2.19. The van der Waals surface area contributed by atoms with Gasteiger partial charge in [0.25, 0.3) is 0 Å². The Morgan fingerprint density at radius 3 is 2.60 bits per heavy atom. The van der Waals surface area contributed by atoms with Crippen LogP contribution in [-0.2, 0) is 19.5 Å². The number of pyridine rings is 1. The Kier molecular flexibility index (Phi) is 4.66. The SMILES string of the molecule is CC(C)c1ncc2c(n1)CCN(Cc1ccc(N3CCCC3)nc1)C2. The molecule has 0 radical (unpaired) electrons. The summed E-state index contributed by atoms with van der Waals surface area (Å²) in [6.45, 7) is 9.52. The molecular weight excluding hydrogens is 310 g/mol. The van der Waals surface area contributed by atoms with Gasteiger partial charge in [0.2, 0.25) is 0 Å². The zero-order chi connectivity index (χ0) is 17.2. The first-order chi connectivity index (χ1) is 12.2. The fraction of sp³-hybridized carbons (Fsp3) is 0.550. The van der Waals surface area contributed by atoms with Gasteiger partial charge in [-0.25, -0.2) is 15.0 Å². The summed E-state index contributed by atoms with van der Waals surface area (Å²) in [4.78, 5) is 18.8. The van der Waals surface area contributed by atoms with Gasteiger partial charge in [0.05, 0.1) is 0 Å². The first kappa shape index (κ1) is 16.5. The molecule has 2 aromatic heterocycles. The lowest BCUT2D eigenvalue weighted by Crippen LogP contribution is -2.31. The Balaban J connectivity index is 1.40. The Labute approximate surface area is 150 Å². The first-order valence-corrected chi connectivity index (χ1v) is 9.46. The molecule has 0 bridgehead atoms. The molecule has 1 saturated heterocycles. The number of hydrogen-bond acceptors (Lipinski definition) is 5. The highest BCUT2D eigenvalue weighted by molar-refractivity contribution is 5.40. The van der Waals surface area contributed by atoms with E-state index >= 15 is 0 Å². The maximum absolute atomic E-state index is 4.75. The molecule has 4 heterocycles. The summed E-state index contributed by atoms with van der Waals surface area (Å²) < 4.78 is 0. The summed E-state index contributed by atoms with van der Waals surface area (Å²) in [6.07, 6.45) is 7.66. The van der Waals surface area contributed by atoms with Crippen molar-refractivity contribution in [1.29, 1.82) is 0 Å². The summed E-state index contributed by atoms with van der Waals surface area (Å²) in [5.41, 5.74) is 3.79. The molecule has 5 heteroatoms. The summed E-state index contributed by atoms with van der Waals surface area (Å²) in [5.74, 6) is 2.48. The van der Waals surface area contributed by atoms with Gasteiger partial charge in [0.15, 0.2) is 0 Å². The van der Waals surface area contributed by atoms with E-state index in [0.717, 1.165) is 50.8 Å². The smallest absolute Gasteiger partial charge is 0.131 e. The molecule has 0 amide bonds. The Morgan fingerprint density at radius 2 is 1.88 bits per heavy atom. The second-order valence-corrected chi connectivity index (χ2v) is 7.53. The average molecular weight is 337 g/mol. The molecular formula is C20H27N5. The van der Waals surface area contributed by atoms with Gasteiger partial charge in [-0.1, -0.05) is 19.9 Å². The second kappa shape index (κ2) is 7.08. The Bertz CT molecular complexity index is 719. The van der Waals surface area contributed by atoms with Crippen LogP contribution < -0.4 is 4.90 Å². The van der Waals surface area contributed by atoms with Crippen molar-refractivity contribution < 1.29 is 0 Å². The van der Waals surface area contributed by atoms with Crippen LogP contribution in [0.1, 0.15) is 55.3 Å². The highest BCUT2D eigenvalue weighted by atomic mass is 15.2. The predicted octanol–water partition coefficient (Wildman–Crippen LogP) is 3.15. The van der Waals surface area contributed by atoms with Crippen molar-refractivity contribution in [3.63, 3.8) is 0 Å². The van der Waals surface area contributed by atoms with Gasteiger partial charge in [-0.05, 0) is 24.5 Å². The largest absolute Gasteiger partial charge is 0.357 e. The minimum absolute atomic E-state index is 0.392. The van der Waals surface area contributed by atoms with Crippen LogP contribution in [0.5, 0.6) is 0 Å². The molecule has 132 valence electrons. The van der Waals surface area contributed by atoms with Crippen LogP contribution in [0.4, 0.5) is 5.82 Å². The number of hydrogen-bond donors (Lipinski definition) is 0. The molecule has 2 aliphatic rings. The Hall–Kier alpha value is -2.01. The maximum atomic E-state index is 4.75. The second-order valence-electron chi connectivity index (χ2n) is 7.53. The molecule has 2 aromatic rings. The van der Waals surface area contributed by atoms with E-state index in [1.807, 2.05) is 12.4 Å². The number of fused-ring (bicyclic) bond motifs is 1. The molecule has 0 unspecified atom stereocenters. The number of nitrogens with zero attached hydrogens (tertiary/aromatic N) is 5. The number of anilines is 1. The fourth-order valence-corrected chi connectivity index (χ4v) is 3.70. The zero-order valence-corrected chi connectivity index (χ0v) is 15.3. The standard InChI is InChI=1S/C20H27N5/c1-15(2)20-22-12-17-14-24(10-7-18(17)23-20)13-16-5-6-19(21-11-16)25-8-3-4-9-25/h5-6,11-12,15H,3-4,7-10,13-14H2,1-2H3. The summed E-state index contributed by atoms with van der Waals surface area (Å²) in [6, 6.07) is 4.41. The van der Waals surface area contributed by atoms with Crippen LogP contribution in [0.15, 0.2) is 24.5 Å². The van der Waals surface area contributed by atoms with Crippen LogP contribution in [0.25, 0.3) is 0 Å². The number of aromatic nitrogens is 3. The van der Waals surface area contributed by atoms with E-state index in [4.69, 9.17) is 4.98 Å². The molecule has 1 fully saturated rings. The van der Waals surface area contributed by atoms with Gasteiger partial charge in [-0.15, -0.1) is 0 Å². The topological polar surface area (TPSA) is 45.2 Å². The van der Waals surface area contributed by atoms with Crippen molar-refractivity contribution in [1.82, 2.24) is 19.9 Å². The van der Waals surface area contributed by atoms with Crippen molar-refractivity contribution in [3.05, 3.63) is 47.2 Å². The third-order valence-electron chi connectivity index (χ3n) is 5.19. The summed E-state index contributed by atoms with van der Waals surface area (Å²) >= 11 is 0. The van der Waals surface area contributed by atoms with Gasteiger partial charge in [-0.2, -0.15) is 0 Å². The molecule has 25 heavy (non-hydrogen) atoms. The van der Waals surface area contributed by atoms with Crippen LogP contribution >= 0.6 is 0 Å². The van der Waals surface area contributed by atoms with E-state index in [1.165, 1.54) is 29.7 Å². The molecule has 5 nitrogen and oxygen atoms in total. The molecule has 0 aliphatic carbocycles. The maximum Gasteiger partial charge on any atom is 0.131 e. The van der Waals surface area contributed by atoms with Crippen molar-refractivity contribution in [2.45, 2.75) is 52.1 Å². The molecule has 0 spiro atoms. The molecule has 0 saturated carbocycles. The van der Waals surface area contributed by atoms with Crippen molar-refractivity contribution in [2.75, 3.05) is 24.5 Å². The van der Waals surface area contributed by atoms with E-state index in [-0.39, 0.29) is 0 Å². The van der Waals surface area contributed by atoms with Gasteiger partial charge in [-0.3, -0.25) is 4.90 Å². The monoisotopic (exact) mass is 337 g/mol. The van der Waals surface area contributed by atoms with Crippen molar-refractivity contribution in [2.24, 2.45) is 0 Å². The van der Waals surface area contributed by atoms with Crippen LogP contribution in [0.3, 0.4) is 0 Å². The quantitative estimate of drug-likeness (QED) is 0.857. The van der Waals surface area contributed by atoms with E-state index in [1.54, 1.807) is 0 Å². The Morgan fingerprint density at radius 1 is 1.04 bits per heavy atom. The molecule has 0 N–H and O–H groups in total. The lowest BCUT2D eigenvalue weighted by molar-refractivity contribution is 0.242. The van der Waals surface area contributed by atoms with Crippen LogP contribution in [0, 0.1) is 0 Å². The molecule has 0 aromatic carbocycles. The van der Waals surface area contributed by atoms with E-state index in [2.05, 4.69) is 45.7 Å². The van der Waals surface area contributed by atoms with Crippen molar-refractivity contribution in [3.8, 4) is 0 Å². The summed E-state index contributed by atoms with van der Waals surface area (Å²) in [7, 11) is 0. The van der Waals surface area contributed by atoms with E-state index in [9.17, 15) is 0 Å². The third kappa shape index (κ3) is 3.66. The summed E-state index contributed by atoms with van der Waals surface area (Å²) in [5, 5.41) is 0. The fourth-order valence-electron chi connectivity index (χ4n) is 3.70. The average Bonchev–Trinajstić information content (AvgIpc) is 3.16. The minimum Gasteiger partial charge on any atom is -0.357 e. The minimum atomic E-state index is 0.392. The van der Waals surface area contributed by atoms with E-state index in [0.29, 0.717) is 5.92 Å². The van der Waals surface area contributed by atoms with Crippen LogP contribution in [0.2, 0.25) is 0 Å². The lowest BCUT2D eigenvalue weighted by Gasteiger charge is -2.28. The van der Waals surface area contributed by atoms with Gasteiger partial charge in [0, 0.05) is 68.7 Å². The van der Waals surface area contributed by atoms with E-state index < -0.39 is 0 Å². The van der Waals surface area contributed by atoms with Crippen molar-refractivity contribution >= 4 is 5.82 Å². The van der Waals surface area contributed by atoms with Gasteiger partial charge in [0.1, 0.15) is 11.6 Å². The van der Waals surface area contributed by atoms with Gasteiger partial charge < -0.3 is 4.90 Å². The molecule has 2 aliphatic heterocycles. The van der Waals surface area contributed by atoms with Gasteiger partial charge >= 0.3 is 0 Å². The predicted molar refractivity (Wildman–Crippen MR) is 99.6 cm³/mol. The zero-order valence-electron chi connectivity index (χ0n) is 15.3. The van der Waals surface area contributed by atoms with Crippen LogP contribution in [-0.4, -0.2) is 39.5 Å². The molecule has 4 rings (SSSR count). The highest BCUT2D eigenvalue weighted by Crippen LogP contribution is 2.22. The normalized spacial score (nSPS) is 18.0.